The summed E-state index contributed by atoms with van der Waals surface area (Å²) in [7, 11) is 0. The summed E-state index contributed by atoms with van der Waals surface area (Å²) in [6.07, 6.45) is 6.66. The molecule has 0 atom stereocenters. The van der Waals surface area contributed by atoms with Crippen LogP contribution in [0, 0.1) is 10.7 Å². The number of piperidine rings is 1. The maximum atomic E-state index is 11.8. The van der Waals surface area contributed by atoms with E-state index in [1.165, 1.54) is 12.8 Å². The van der Waals surface area contributed by atoms with Crippen LogP contribution in [0.5, 0.6) is 0 Å². The van der Waals surface area contributed by atoms with Gasteiger partial charge >= 0.3 is 0 Å². The summed E-state index contributed by atoms with van der Waals surface area (Å²) in [4.78, 5) is 18.6. The minimum absolute atomic E-state index is 0.267. The molecule has 6 nitrogen and oxygen atoms in total. The summed E-state index contributed by atoms with van der Waals surface area (Å²) < 4.78 is 2.64. The Morgan fingerprint density at radius 1 is 1.23 bits per heavy atom. The smallest absolute Gasteiger partial charge is 0.223 e. The van der Waals surface area contributed by atoms with Crippen molar-refractivity contribution in [3.63, 3.8) is 0 Å². The molecule has 1 aromatic rings. The van der Waals surface area contributed by atoms with Crippen LogP contribution in [-0.4, -0.2) is 44.7 Å². The standard InChI is InChI=1S/C15H23N5OS/c21-14(11-3-4-11)16-12-5-7-19(8-6-12)9-20-15(22)17-13(18-20)10-1-2-10/h10-12H,1-9H2,(H,16,21)(H,17,18,22). The number of amides is 1. The van der Waals surface area contributed by atoms with E-state index < -0.39 is 0 Å². The molecule has 2 heterocycles. The van der Waals surface area contributed by atoms with E-state index in [2.05, 4.69) is 20.3 Å². The highest BCUT2D eigenvalue weighted by Gasteiger charge is 2.32. The fraction of sp³-hybridized carbons (Fsp3) is 0.800. The molecule has 3 aliphatic rings. The fourth-order valence-corrected chi connectivity index (χ4v) is 3.29. The van der Waals surface area contributed by atoms with Crippen LogP contribution in [0.2, 0.25) is 0 Å². The van der Waals surface area contributed by atoms with E-state index in [1.807, 2.05) is 4.68 Å². The van der Waals surface area contributed by atoms with Crippen LogP contribution in [0.3, 0.4) is 0 Å². The number of aromatic nitrogens is 3. The van der Waals surface area contributed by atoms with Crippen LogP contribution in [0.15, 0.2) is 0 Å². The van der Waals surface area contributed by atoms with Crippen molar-refractivity contribution in [1.29, 1.82) is 0 Å². The van der Waals surface area contributed by atoms with Crippen molar-refractivity contribution in [3.8, 4) is 0 Å². The summed E-state index contributed by atoms with van der Waals surface area (Å²) in [6, 6.07) is 0.348. The van der Waals surface area contributed by atoms with Crippen LogP contribution in [0.25, 0.3) is 0 Å². The summed E-state index contributed by atoms with van der Waals surface area (Å²) in [5.74, 6) is 2.23. The van der Waals surface area contributed by atoms with E-state index in [0.29, 0.717) is 22.6 Å². The molecule has 0 radical (unpaired) electrons. The van der Waals surface area contributed by atoms with Crippen LogP contribution >= 0.6 is 12.2 Å². The average Bonchev–Trinajstić information content (AvgIpc) is 3.40. The van der Waals surface area contributed by atoms with Gasteiger partial charge in [-0.3, -0.25) is 14.8 Å². The lowest BCUT2D eigenvalue weighted by Gasteiger charge is -2.32. The molecule has 0 bridgehead atoms. The third kappa shape index (κ3) is 3.25. The molecule has 0 spiro atoms. The molecular weight excluding hydrogens is 298 g/mol. The van der Waals surface area contributed by atoms with Gasteiger partial charge in [-0.15, -0.1) is 0 Å². The normalized spacial score (nSPS) is 23.6. The van der Waals surface area contributed by atoms with Gasteiger partial charge in [-0.25, -0.2) is 9.67 Å². The second-order valence-corrected chi connectivity index (χ2v) is 7.28. The van der Waals surface area contributed by atoms with Crippen LogP contribution in [0.1, 0.15) is 50.3 Å². The number of H-pyrrole nitrogens is 1. The third-order valence-corrected chi connectivity index (χ3v) is 5.20. The molecule has 2 aliphatic carbocycles. The van der Waals surface area contributed by atoms with Crippen molar-refractivity contribution in [3.05, 3.63) is 10.6 Å². The topological polar surface area (TPSA) is 66.0 Å². The molecule has 1 saturated heterocycles. The minimum Gasteiger partial charge on any atom is -0.353 e. The van der Waals surface area contributed by atoms with Crippen molar-refractivity contribution in [2.45, 2.75) is 57.2 Å². The highest BCUT2D eigenvalue weighted by atomic mass is 32.1. The zero-order chi connectivity index (χ0) is 15.1. The molecule has 0 unspecified atom stereocenters. The molecule has 3 fully saturated rings. The third-order valence-electron chi connectivity index (χ3n) is 4.88. The average molecular weight is 321 g/mol. The lowest BCUT2D eigenvalue weighted by Crippen LogP contribution is -2.45. The van der Waals surface area contributed by atoms with E-state index in [-0.39, 0.29) is 5.91 Å². The Morgan fingerprint density at radius 2 is 1.95 bits per heavy atom. The molecule has 0 aromatic carbocycles. The summed E-state index contributed by atoms with van der Waals surface area (Å²) in [6.45, 7) is 2.77. The van der Waals surface area contributed by atoms with Gasteiger partial charge < -0.3 is 5.32 Å². The summed E-state index contributed by atoms with van der Waals surface area (Å²) >= 11 is 5.34. The number of hydrogen-bond donors (Lipinski definition) is 2. The Balaban J connectivity index is 1.28. The van der Waals surface area contributed by atoms with Crippen molar-refractivity contribution in [2.24, 2.45) is 5.92 Å². The quantitative estimate of drug-likeness (QED) is 0.811. The van der Waals surface area contributed by atoms with Gasteiger partial charge in [0.05, 0.1) is 6.67 Å². The predicted molar refractivity (Wildman–Crippen MR) is 84.8 cm³/mol. The first kappa shape index (κ1) is 14.4. The summed E-state index contributed by atoms with van der Waals surface area (Å²) in [5, 5.41) is 6.54. The molecule has 120 valence electrons. The van der Waals surface area contributed by atoms with Crippen LogP contribution < -0.4 is 5.32 Å². The molecule has 22 heavy (non-hydrogen) atoms. The lowest BCUT2D eigenvalue weighted by molar-refractivity contribution is -0.123. The van der Waals surface area contributed by atoms with Gasteiger partial charge in [0.2, 0.25) is 10.7 Å². The Kier molecular flexibility index (Phi) is 3.78. The molecular formula is C15H23N5OS. The monoisotopic (exact) mass is 321 g/mol. The first-order valence-corrected chi connectivity index (χ1v) is 8.79. The zero-order valence-electron chi connectivity index (χ0n) is 12.8. The van der Waals surface area contributed by atoms with E-state index in [9.17, 15) is 4.79 Å². The first-order chi connectivity index (χ1) is 10.7. The second kappa shape index (κ2) is 5.77. The van der Waals surface area contributed by atoms with Gasteiger partial charge in [-0.2, -0.15) is 0 Å². The van der Waals surface area contributed by atoms with Crippen molar-refractivity contribution in [2.75, 3.05) is 13.1 Å². The lowest BCUT2D eigenvalue weighted by atomic mass is 10.1. The highest BCUT2D eigenvalue weighted by molar-refractivity contribution is 7.71. The van der Waals surface area contributed by atoms with Crippen molar-refractivity contribution < 1.29 is 4.79 Å². The first-order valence-electron chi connectivity index (χ1n) is 8.38. The van der Waals surface area contributed by atoms with Gasteiger partial charge in [-0.05, 0) is 50.7 Å². The molecule has 1 aromatic heterocycles. The van der Waals surface area contributed by atoms with Gasteiger partial charge in [-0.1, -0.05) is 0 Å². The molecule has 1 aliphatic heterocycles. The Labute approximate surface area is 135 Å². The number of rotatable bonds is 5. The number of nitrogens with zero attached hydrogens (tertiary/aromatic N) is 3. The number of likely N-dealkylation sites (tertiary alicyclic amines) is 1. The summed E-state index contributed by atoms with van der Waals surface area (Å²) in [5.41, 5.74) is 0. The number of carbonyl (C=O) groups is 1. The van der Waals surface area contributed by atoms with Crippen LogP contribution in [-0.2, 0) is 11.5 Å². The van der Waals surface area contributed by atoms with E-state index in [1.54, 1.807) is 0 Å². The molecule has 4 rings (SSSR count). The van der Waals surface area contributed by atoms with Gasteiger partial charge in [0, 0.05) is 31.0 Å². The molecule has 1 amide bonds. The Bertz CT molecular complexity index is 608. The van der Waals surface area contributed by atoms with Crippen LogP contribution in [0.4, 0.5) is 0 Å². The van der Waals surface area contributed by atoms with E-state index in [0.717, 1.165) is 51.3 Å². The Hall–Kier alpha value is -1.21. The highest BCUT2D eigenvalue weighted by Crippen LogP contribution is 2.37. The number of nitrogens with one attached hydrogen (secondary N) is 2. The zero-order valence-corrected chi connectivity index (χ0v) is 13.6. The minimum atomic E-state index is 0.267. The maximum Gasteiger partial charge on any atom is 0.223 e. The van der Waals surface area contributed by atoms with Gasteiger partial charge in [0.25, 0.3) is 0 Å². The van der Waals surface area contributed by atoms with Gasteiger partial charge in [0.15, 0.2) is 0 Å². The van der Waals surface area contributed by atoms with E-state index in [4.69, 9.17) is 12.2 Å². The Morgan fingerprint density at radius 3 is 2.59 bits per heavy atom. The number of aromatic amines is 1. The van der Waals surface area contributed by atoms with Gasteiger partial charge in [0.1, 0.15) is 5.82 Å². The number of hydrogen-bond acceptors (Lipinski definition) is 4. The number of carbonyl (C=O) groups excluding carboxylic acids is 1. The largest absolute Gasteiger partial charge is 0.353 e. The predicted octanol–water partition coefficient (Wildman–Crippen LogP) is 1.77. The van der Waals surface area contributed by atoms with Crippen molar-refractivity contribution in [1.82, 2.24) is 25.0 Å². The maximum absolute atomic E-state index is 11.8. The SMILES string of the molecule is O=C(NC1CCN(Cn2[nH]c(C3CC3)nc2=S)CC1)C1CC1. The fourth-order valence-electron chi connectivity index (χ4n) is 3.09. The van der Waals surface area contributed by atoms with E-state index >= 15 is 0 Å². The second-order valence-electron chi connectivity index (χ2n) is 6.91. The molecule has 7 heteroatoms. The van der Waals surface area contributed by atoms with Crippen molar-refractivity contribution >= 4 is 18.1 Å². The molecule has 2 N–H and O–H groups in total. The molecule has 2 saturated carbocycles.